The van der Waals surface area contributed by atoms with E-state index in [1.165, 1.54) is 19.2 Å². The second-order valence-electron chi connectivity index (χ2n) is 5.38. The van der Waals surface area contributed by atoms with Crippen LogP contribution in [0.3, 0.4) is 0 Å². The van der Waals surface area contributed by atoms with Gasteiger partial charge in [-0.3, -0.25) is 18.8 Å². The standard InChI is InChI=1S/C16H18FIN4O6/c1-3-22-14(24)12(28-15(25)20-27-7-6-23)13(21(2)16(22)26)19-11-5-4-9(18)8-10(11)17/h4-5,8,19,23H,3,6-7H2,1-2H3,(H,20,25). The predicted molar refractivity (Wildman–Crippen MR) is 106 cm³/mol. The van der Waals surface area contributed by atoms with E-state index in [1.54, 1.807) is 13.0 Å². The van der Waals surface area contributed by atoms with Crippen molar-refractivity contribution in [2.75, 3.05) is 18.5 Å². The maximum Gasteiger partial charge on any atom is 0.437 e. The van der Waals surface area contributed by atoms with E-state index in [2.05, 4.69) is 10.2 Å². The van der Waals surface area contributed by atoms with Gasteiger partial charge in [-0.25, -0.2) is 14.0 Å². The van der Waals surface area contributed by atoms with Crippen molar-refractivity contribution in [3.8, 4) is 5.75 Å². The predicted octanol–water partition coefficient (Wildman–Crippen LogP) is 1.07. The van der Waals surface area contributed by atoms with Gasteiger partial charge >= 0.3 is 17.3 Å². The van der Waals surface area contributed by atoms with Crippen LogP contribution in [0.5, 0.6) is 5.75 Å². The first-order valence-corrected chi connectivity index (χ1v) is 9.14. The minimum absolute atomic E-state index is 0.0224. The zero-order valence-electron chi connectivity index (χ0n) is 15.0. The van der Waals surface area contributed by atoms with E-state index >= 15 is 0 Å². The Morgan fingerprint density at radius 1 is 1.36 bits per heavy atom. The highest BCUT2D eigenvalue weighted by molar-refractivity contribution is 14.1. The second-order valence-corrected chi connectivity index (χ2v) is 6.63. The van der Waals surface area contributed by atoms with Crippen LogP contribution in [0.4, 0.5) is 20.7 Å². The molecule has 1 aromatic carbocycles. The fourth-order valence-electron chi connectivity index (χ4n) is 2.24. The van der Waals surface area contributed by atoms with Crippen molar-refractivity contribution in [1.29, 1.82) is 0 Å². The van der Waals surface area contributed by atoms with Crippen LogP contribution in [0.15, 0.2) is 27.8 Å². The Kier molecular flexibility index (Phi) is 7.53. The molecule has 152 valence electrons. The first-order valence-electron chi connectivity index (χ1n) is 8.06. The number of nitrogens with zero attached hydrogens (tertiary/aromatic N) is 2. The molecule has 2 rings (SSSR count). The summed E-state index contributed by atoms with van der Waals surface area (Å²) in [6.45, 7) is 1.06. The lowest BCUT2D eigenvalue weighted by Crippen LogP contribution is -2.41. The number of carbonyl (C=O) groups is 1. The summed E-state index contributed by atoms with van der Waals surface area (Å²) in [5, 5.41) is 11.3. The Balaban J connectivity index is 2.51. The van der Waals surface area contributed by atoms with E-state index in [0.29, 0.717) is 3.57 Å². The van der Waals surface area contributed by atoms with Crippen molar-refractivity contribution >= 4 is 40.2 Å². The molecule has 0 spiro atoms. The van der Waals surface area contributed by atoms with Gasteiger partial charge in [0.1, 0.15) is 5.82 Å². The summed E-state index contributed by atoms with van der Waals surface area (Å²) in [4.78, 5) is 41.5. The molecule has 0 bridgehead atoms. The fourth-order valence-corrected chi connectivity index (χ4v) is 2.69. The van der Waals surface area contributed by atoms with Crippen LogP contribution in [-0.4, -0.2) is 33.5 Å². The van der Waals surface area contributed by atoms with Gasteiger partial charge in [0.15, 0.2) is 5.82 Å². The maximum absolute atomic E-state index is 14.2. The molecule has 1 aromatic heterocycles. The van der Waals surface area contributed by atoms with E-state index in [4.69, 9.17) is 9.84 Å². The van der Waals surface area contributed by atoms with Crippen molar-refractivity contribution in [2.24, 2.45) is 7.05 Å². The topological polar surface area (TPSA) is 124 Å². The number of amides is 1. The second kappa shape index (κ2) is 9.66. The highest BCUT2D eigenvalue weighted by atomic mass is 127. The van der Waals surface area contributed by atoms with E-state index in [9.17, 15) is 18.8 Å². The lowest BCUT2D eigenvalue weighted by molar-refractivity contribution is 0.0244. The van der Waals surface area contributed by atoms with Crippen LogP contribution in [-0.2, 0) is 18.4 Å². The Labute approximate surface area is 172 Å². The summed E-state index contributed by atoms with van der Waals surface area (Å²) in [5.74, 6) is -1.36. The molecule has 2 aromatic rings. The van der Waals surface area contributed by atoms with Crippen LogP contribution in [0, 0.1) is 9.39 Å². The number of aliphatic hydroxyl groups is 1. The molecule has 28 heavy (non-hydrogen) atoms. The van der Waals surface area contributed by atoms with Crippen LogP contribution in [0.2, 0.25) is 0 Å². The smallest absolute Gasteiger partial charge is 0.399 e. The molecule has 1 heterocycles. The monoisotopic (exact) mass is 508 g/mol. The van der Waals surface area contributed by atoms with Gasteiger partial charge < -0.3 is 15.2 Å². The molecule has 0 aliphatic rings. The molecule has 0 fully saturated rings. The van der Waals surface area contributed by atoms with Crippen LogP contribution in [0.25, 0.3) is 0 Å². The maximum atomic E-state index is 14.2. The Hall–Kier alpha value is -2.45. The summed E-state index contributed by atoms with van der Waals surface area (Å²) in [6, 6.07) is 4.29. The highest BCUT2D eigenvalue weighted by Crippen LogP contribution is 2.25. The minimum Gasteiger partial charge on any atom is -0.399 e. The summed E-state index contributed by atoms with van der Waals surface area (Å²) in [5.41, 5.74) is 0.305. The third-order valence-corrected chi connectivity index (χ3v) is 4.22. The lowest BCUT2D eigenvalue weighted by Gasteiger charge is -2.17. The molecule has 1 amide bonds. The van der Waals surface area contributed by atoms with Crippen molar-refractivity contribution in [3.05, 3.63) is 48.4 Å². The van der Waals surface area contributed by atoms with Crippen LogP contribution in [0.1, 0.15) is 6.92 Å². The van der Waals surface area contributed by atoms with Crippen molar-refractivity contribution in [1.82, 2.24) is 14.6 Å². The van der Waals surface area contributed by atoms with Gasteiger partial charge in [-0.05, 0) is 47.7 Å². The number of aliphatic hydroxyl groups excluding tert-OH is 1. The summed E-state index contributed by atoms with van der Waals surface area (Å²) < 4.78 is 21.7. The van der Waals surface area contributed by atoms with Gasteiger partial charge in [0.25, 0.3) is 0 Å². The first-order chi connectivity index (χ1) is 13.3. The molecular weight excluding hydrogens is 490 g/mol. The molecule has 0 saturated carbocycles. The molecule has 0 unspecified atom stereocenters. The number of hydroxylamine groups is 1. The summed E-state index contributed by atoms with van der Waals surface area (Å²) >= 11 is 1.93. The molecule has 0 aliphatic heterocycles. The number of rotatable bonds is 7. The minimum atomic E-state index is -1.15. The van der Waals surface area contributed by atoms with Crippen molar-refractivity contribution in [2.45, 2.75) is 13.5 Å². The number of nitrogens with one attached hydrogen (secondary N) is 2. The normalized spacial score (nSPS) is 10.6. The molecule has 0 saturated heterocycles. The Morgan fingerprint density at radius 3 is 2.68 bits per heavy atom. The molecule has 12 heteroatoms. The zero-order valence-corrected chi connectivity index (χ0v) is 17.1. The van der Waals surface area contributed by atoms with E-state index in [0.717, 1.165) is 9.13 Å². The van der Waals surface area contributed by atoms with Crippen LogP contribution >= 0.6 is 22.6 Å². The largest absolute Gasteiger partial charge is 0.437 e. The van der Waals surface area contributed by atoms with Gasteiger partial charge in [0, 0.05) is 17.2 Å². The number of ether oxygens (including phenoxy) is 1. The summed E-state index contributed by atoms with van der Waals surface area (Å²) in [7, 11) is 1.34. The van der Waals surface area contributed by atoms with Gasteiger partial charge in [0.2, 0.25) is 5.75 Å². The van der Waals surface area contributed by atoms with Gasteiger partial charge in [0.05, 0.1) is 18.9 Å². The number of carbonyl (C=O) groups excluding carboxylic acids is 1. The van der Waals surface area contributed by atoms with Crippen LogP contribution < -0.4 is 26.8 Å². The molecule has 0 atom stereocenters. The average Bonchev–Trinajstić information content (AvgIpc) is 2.65. The van der Waals surface area contributed by atoms with Gasteiger partial charge in [-0.1, -0.05) is 0 Å². The van der Waals surface area contributed by atoms with Gasteiger partial charge in [-0.15, -0.1) is 0 Å². The number of halogens is 2. The number of anilines is 2. The number of benzene rings is 1. The molecular formula is C16H18FIN4O6. The molecule has 10 nitrogen and oxygen atoms in total. The average molecular weight is 508 g/mol. The third kappa shape index (κ3) is 4.88. The Morgan fingerprint density at radius 2 is 2.07 bits per heavy atom. The van der Waals surface area contributed by atoms with E-state index in [-0.39, 0.29) is 31.3 Å². The summed E-state index contributed by atoms with van der Waals surface area (Å²) in [6.07, 6.45) is -1.15. The molecule has 0 aliphatic carbocycles. The molecule has 3 N–H and O–H groups in total. The van der Waals surface area contributed by atoms with E-state index < -0.39 is 28.9 Å². The number of hydrogen-bond donors (Lipinski definition) is 3. The fraction of sp³-hybridized carbons (Fsp3) is 0.312. The number of aromatic nitrogens is 2. The van der Waals surface area contributed by atoms with Gasteiger partial charge in [-0.2, -0.15) is 5.48 Å². The quantitative estimate of drug-likeness (QED) is 0.291. The first kappa shape index (κ1) is 21.8. The SMILES string of the molecule is CCn1c(=O)c(OC(=O)NOCCO)c(Nc2ccc(I)cc2F)n(C)c1=O. The van der Waals surface area contributed by atoms with E-state index in [1.807, 2.05) is 28.1 Å². The number of hydrogen-bond acceptors (Lipinski definition) is 7. The highest BCUT2D eigenvalue weighted by Gasteiger charge is 2.22. The molecule has 0 radical (unpaired) electrons. The van der Waals surface area contributed by atoms with Crippen molar-refractivity contribution < 1.29 is 23.9 Å². The third-order valence-electron chi connectivity index (χ3n) is 3.55. The zero-order chi connectivity index (χ0) is 20.8. The lowest BCUT2D eigenvalue weighted by atomic mass is 10.3. The Bertz CT molecular complexity index is 990. The van der Waals surface area contributed by atoms with Crippen molar-refractivity contribution in [3.63, 3.8) is 0 Å².